The molecular formula is C11H21N3. The highest BCUT2D eigenvalue weighted by atomic mass is 15.1. The molecule has 0 radical (unpaired) electrons. The molecule has 0 aliphatic heterocycles. The monoisotopic (exact) mass is 195 g/mol. The first kappa shape index (κ1) is 11.2. The molecule has 3 heteroatoms. The van der Waals surface area contributed by atoms with E-state index in [9.17, 15) is 0 Å². The van der Waals surface area contributed by atoms with Crippen molar-refractivity contribution in [2.75, 3.05) is 0 Å². The lowest BCUT2D eigenvalue weighted by Gasteiger charge is -2.17. The van der Waals surface area contributed by atoms with Crippen LogP contribution in [-0.2, 0) is 13.1 Å². The molecule has 0 saturated carbocycles. The molecule has 0 aromatic carbocycles. The molecule has 1 aromatic rings. The van der Waals surface area contributed by atoms with E-state index in [0.29, 0.717) is 12.0 Å². The molecule has 1 heterocycles. The van der Waals surface area contributed by atoms with Crippen molar-refractivity contribution in [1.82, 2.24) is 14.9 Å². The molecule has 1 rings (SSSR count). The van der Waals surface area contributed by atoms with E-state index in [4.69, 9.17) is 0 Å². The molecule has 0 aliphatic rings. The molecule has 0 aliphatic carbocycles. The van der Waals surface area contributed by atoms with Gasteiger partial charge in [-0.05, 0) is 19.8 Å². The summed E-state index contributed by atoms with van der Waals surface area (Å²) in [5, 5.41) is 3.48. The van der Waals surface area contributed by atoms with Crippen molar-refractivity contribution < 1.29 is 0 Å². The first-order chi connectivity index (χ1) is 6.65. The van der Waals surface area contributed by atoms with Gasteiger partial charge in [-0.3, -0.25) is 0 Å². The van der Waals surface area contributed by atoms with Crippen LogP contribution in [0.15, 0.2) is 12.4 Å². The molecule has 80 valence electrons. The highest BCUT2D eigenvalue weighted by Crippen LogP contribution is 2.02. The Morgan fingerprint density at radius 3 is 2.71 bits per heavy atom. The van der Waals surface area contributed by atoms with E-state index >= 15 is 0 Å². The number of aryl methyl sites for hydroxylation is 1. The van der Waals surface area contributed by atoms with Gasteiger partial charge < -0.3 is 9.88 Å². The SMILES string of the molecule is CCn1ccnc1CNC(C)C(C)C. The Kier molecular flexibility index (Phi) is 4.14. The molecular weight excluding hydrogens is 174 g/mol. The van der Waals surface area contributed by atoms with Crippen LogP contribution in [0.3, 0.4) is 0 Å². The van der Waals surface area contributed by atoms with Crippen molar-refractivity contribution in [3.63, 3.8) is 0 Å². The van der Waals surface area contributed by atoms with E-state index in [-0.39, 0.29) is 0 Å². The summed E-state index contributed by atoms with van der Waals surface area (Å²) >= 11 is 0. The van der Waals surface area contributed by atoms with E-state index in [1.54, 1.807) is 0 Å². The second kappa shape index (κ2) is 5.15. The summed E-state index contributed by atoms with van der Waals surface area (Å²) in [6.07, 6.45) is 3.89. The van der Waals surface area contributed by atoms with E-state index in [2.05, 4.69) is 42.6 Å². The van der Waals surface area contributed by atoms with E-state index in [1.165, 1.54) is 0 Å². The van der Waals surface area contributed by atoms with Crippen LogP contribution in [-0.4, -0.2) is 15.6 Å². The molecule has 3 nitrogen and oxygen atoms in total. The first-order valence-corrected chi connectivity index (χ1v) is 5.38. The summed E-state index contributed by atoms with van der Waals surface area (Å²) in [4.78, 5) is 4.32. The third-order valence-corrected chi connectivity index (χ3v) is 2.72. The quantitative estimate of drug-likeness (QED) is 0.779. The van der Waals surface area contributed by atoms with Crippen LogP contribution in [0.25, 0.3) is 0 Å². The molecule has 1 N–H and O–H groups in total. The highest BCUT2D eigenvalue weighted by Gasteiger charge is 2.07. The molecule has 1 unspecified atom stereocenters. The van der Waals surface area contributed by atoms with Gasteiger partial charge in [-0.2, -0.15) is 0 Å². The zero-order valence-electron chi connectivity index (χ0n) is 9.62. The first-order valence-electron chi connectivity index (χ1n) is 5.38. The summed E-state index contributed by atoms with van der Waals surface area (Å²) in [5.74, 6) is 1.79. The maximum Gasteiger partial charge on any atom is 0.122 e. The number of rotatable bonds is 5. The molecule has 0 bridgehead atoms. The summed E-state index contributed by atoms with van der Waals surface area (Å²) in [7, 11) is 0. The van der Waals surface area contributed by atoms with Crippen LogP contribution >= 0.6 is 0 Å². The second-order valence-corrected chi connectivity index (χ2v) is 4.04. The van der Waals surface area contributed by atoms with Crippen molar-refractivity contribution in [3.8, 4) is 0 Å². The van der Waals surface area contributed by atoms with Gasteiger partial charge in [0, 0.05) is 25.0 Å². The van der Waals surface area contributed by atoms with E-state index in [0.717, 1.165) is 18.9 Å². The molecule has 0 fully saturated rings. The fourth-order valence-electron chi connectivity index (χ4n) is 1.28. The summed E-state index contributed by atoms with van der Waals surface area (Å²) in [6.45, 7) is 10.7. The molecule has 0 spiro atoms. The van der Waals surface area contributed by atoms with Gasteiger partial charge in [0.25, 0.3) is 0 Å². The van der Waals surface area contributed by atoms with Gasteiger partial charge in [-0.25, -0.2) is 4.98 Å². The average molecular weight is 195 g/mol. The van der Waals surface area contributed by atoms with Gasteiger partial charge in [-0.15, -0.1) is 0 Å². The van der Waals surface area contributed by atoms with Crippen molar-refractivity contribution in [2.45, 2.75) is 46.8 Å². The summed E-state index contributed by atoms with van der Waals surface area (Å²) < 4.78 is 2.17. The van der Waals surface area contributed by atoms with Crippen molar-refractivity contribution in [2.24, 2.45) is 5.92 Å². The lowest BCUT2D eigenvalue weighted by Crippen LogP contribution is -2.31. The Morgan fingerprint density at radius 2 is 2.14 bits per heavy atom. The Balaban J connectivity index is 2.45. The van der Waals surface area contributed by atoms with Gasteiger partial charge in [0.2, 0.25) is 0 Å². The average Bonchev–Trinajstić information content (AvgIpc) is 2.60. The second-order valence-electron chi connectivity index (χ2n) is 4.04. The summed E-state index contributed by atoms with van der Waals surface area (Å²) in [5.41, 5.74) is 0. The Hall–Kier alpha value is -0.830. The topological polar surface area (TPSA) is 29.9 Å². The van der Waals surface area contributed by atoms with Gasteiger partial charge in [0.15, 0.2) is 0 Å². The number of aromatic nitrogens is 2. The van der Waals surface area contributed by atoms with Crippen LogP contribution in [0.5, 0.6) is 0 Å². The normalized spacial score (nSPS) is 13.5. The fourth-order valence-corrected chi connectivity index (χ4v) is 1.28. The third-order valence-electron chi connectivity index (χ3n) is 2.72. The minimum Gasteiger partial charge on any atom is -0.334 e. The van der Waals surface area contributed by atoms with Crippen LogP contribution in [0.2, 0.25) is 0 Å². The van der Waals surface area contributed by atoms with Gasteiger partial charge in [-0.1, -0.05) is 13.8 Å². The Bertz CT molecular complexity index is 265. The maximum atomic E-state index is 4.32. The fraction of sp³-hybridized carbons (Fsp3) is 0.727. The van der Waals surface area contributed by atoms with E-state index in [1.807, 2.05) is 12.4 Å². The lowest BCUT2D eigenvalue weighted by molar-refractivity contribution is 0.417. The number of imidazole rings is 1. The molecule has 1 atom stereocenters. The lowest BCUT2D eigenvalue weighted by atomic mass is 10.1. The minimum absolute atomic E-state index is 0.539. The number of hydrogen-bond donors (Lipinski definition) is 1. The number of nitrogens with one attached hydrogen (secondary N) is 1. The van der Waals surface area contributed by atoms with Crippen LogP contribution in [0.1, 0.15) is 33.5 Å². The number of nitrogens with zero attached hydrogens (tertiary/aromatic N) is 2. The minimum atomic E-state index is 0.539. The predicted molar refractivity (Wildman–Crippen MR) is 59.0 cm³/mol. The molecule has 14 heavy (non-hydrogen) atoms. The van der Waals surface area contributed by atoms with Gasteiger partial charge >= 0.3 is 0 Å². The predicted octanol–water partition coefficient (Wildman–Crippen LogP) is 2.04. The Labute approximate surface area is 86.5 Å². The Morgan fingerprint density at radius 1 is 1.43 bits per heavy atom. The van der Waals surface area contributed by atoms with Gasteiger partial charge in [0.1, 0.15) is 5.82 Å². The molecule has 1 aromatic heterocycles. The summed E-state index contributed by atoms with van der Waals surface area (Å²) in [6, 6.07) is 0.539. The van der Waals surface area contributed by atoms with E-state index < -0.39 is 0 Å². The van der Waals surface area contributed by atoms with Gasteiger partial charge in [0.05, 0.1) is 6.54 Å². The van der Waals surface area contributed by atoms with Crippen LogP contribution in [0.4, 0.5) is 0 Å². The highest BCUT2D eigenvalue weighted by molar-refractivity contribution is 4.92. The van der Waals surface area contributed by atoms with Crippen molar-refractivity contribution in [3.05, 3.63) is 18.2 Å². The zero-order valence-corrected chi connectivity index (χ0v) is 9.62. The number of hydrogen-bond acceptors (Lipinski definition) is 2. The maximum absolute atomic E-state index is 4.32. The zero-order chi connectivity index (χ0) is 10.6. The van der Waals surface area contributed by atoms with Crippen LogP contribution in [0, 0.1) is 5.92 Å². The largest absolute Gasteiger partial charge is 0.334 e. The van der Waals surface area contributed by atoms with Crippen molar-refractivity contribution >= 4 is 0 Å². The molecule has 0 saturated heterocycles. The van der Waals surface area contributed by atoms with Crippen LogP contribution < -0.4 is 5.32 Å². The van der Waals surface area contributed by atoms with Crippen molar-refractivity contribution in [1.29, 1.82) is 0 Å². The molecule has 0 amide bonds. The third kappa shape index (κ3) is 2.84. The smallest absolute Gasteiger partial charge is 0.122 e. The standard InChI is InChI=1S/C11H21N3/c1-5-14-7-6-12-11(14)8-13-10(4)9(2)3/h6-7,9-10,13H,5,8H2,1-4H3.